The molecule has 0 saturated carbocycles. The molecule has 5 rings (SSSR count). The summed E-state index contributed by atoms with van der Waals surface area (Å²) in [7, 11) is 0. The summed E-state index contributed by atoms with van der Waals surface area (Å²) in [5.41, 5.74) is 5.23. The lowest BCUT2D eigenvalue weighted by Gasteiger charge is -2.03. The molecular formula is C21H15ClN4OS. The molecule has 0 aliphatic carbocycles. The van der Waals surface area contributed by atoms with Gasteiger partial charge in [-0.25, -0.2) is 9.97 Å². The van der Waals surface area contributed by atoms with E-state index >= 15 is 0 Å². The lowest BCUT2D eigenvalue weighted by molar-refractivity contribution is 0.361. The molecule has 0 saturated heterocycles. The average Bonchev–Trinajstić information content (AvgIpc) is 3.38. The Hall–Kier alpha value is -3.09. The molecule has 0 amide bonds. The van der Waals surface area contributed by atoms with Crippen molar-refractivity contribution in [2.45, 2.75) is 6.92 Å². The second kappa shape index (κ2) is 6.82. The van der Waals surface area contributed by atoms with E-state index in [0.29, 0.717) is 5.02 Å². The number of rotatable bonds is 4. The maximum atomic E-state index is 5.95. The van der Waals surface area contributed by atoms with E-state index in [0.717, 1.165) is 44.9 Å². The Morgan fingerprint density at radius 3 is 2.61 bits per heavy atom. The summed E-state index contributed by atoms with van der Waals surface area (Å²) < 4.78 is 7.64. The third-order valence-corrected chi connectivity index (χ3v) is 5.33. The third-order valence-electron chi connectivity index (χ3n) is 4.32. The average molecular weight is 407 g/mol. The molecule has 0 unspecified atom stereocenters. The van der Waals surface area contributed by atoms with Gasteiger partial charge in [-0.1, -0.05) is 41.9 Å². The van der Waals surface area contributed by atoms with Crippen LogP contribution in [0.25, 0.3) is 28.3 Å². The highest BCUT2D eigenvalue weighted by Gasteiger charge is 2.20. The first-order valence-corrected chi connectivity index (χ1v) is 9.96. The van der Waals surface area contributed by atoms with E-state index in [1.165, 1.54) is 11.3 Å². The van der Waals surface area contributed by atoms with E-state index in [1.807, 2.05) is 73.0 Å². The maximum absolute atomic E-state index is 5.95. The molecule has 1 N–H and O–H groups in total. The number of nitrogens with zero attached hydrogens (tertiary/aromatic N) is 3. The summed E-state index contributed by atoms with van der Waals surface area (Å²) in [6.45, 7) is 1.92. The predicted octanol–water partition coefficient (Wildman–Crippen LogP) is 6.42. The van der Waals surface area contributed by atoms with Crippen molar-refractivity contribution >= 4 is 39.4 Å². The first kappa shape index (κ1) is 17.0. The predicted molar refractivity (Wildman–Crippen MR) is 113 cm³/mol. The van der Waals surface area contributed by atoms with Gasteiger partial charge >= 0.3 is 0 Å². The van der Waals surface area contributed by atoms with Crippen LogP contribution in [0.3, 0.4) is 0 Å². The lowest BCUT2D eigenvalue weighted by Crippen LogP contribution is -1.90. The Balaban J connectivity index is 1.57. The molecule has 0 aliphatic rings. The van der Waals surface area contributed by atoms with Crippen LogP contribution < -0.4 is 5.32 Å². The summed E-state index contributed by atoms with van der Waals surface area (Å²) in [4.78, 5) is 9.52. The molecule has 5 aromatic rings. The Labute approximate surface area is 170 Å². The summed E-state index contributed by atoms with van der Waals surface area (Å²) in [6.07, 6.45) is 0. The van der Waals surface area contributed by atoms with Crippen molar-refractivity contribution in [3.05, 3.63) is 76.8 Å². The molecule has 0 radical (unpaired) electrons. The second-order valence-corrected chi connectivity index (χ2v) is 7.64. The van der Waals surface area contributed by atoms with E-state index in [9.17, 15) is 0 Å². The van der Waals surface area contributed by atoms with Crippen molar-refractivity contribution in [2.75, 3.05) is 5.32 Å². The van der Waals surface area contributed by atoms with E-state index < -0.39 is 0 Å². The molecule has 5 nitrogen and oxygen atoms in total. The van der Waals surface area contributed by atoms with Gasteiger partial charge in [0, 0.05) is 27.7 Å². The van der Waals surface area contributed by atoms with Crippen LogP contribution in [0.2, 0.25) is 5.02 Å². The van der Waals surface area contributed by atoms with Crippen molar-refractivity contribution in [1.29, 1.82) is 0 Å². The van der Waals surface area contributed by atoms with Gasteiger partial charge in [-0.3, -0.25) is 0 Å². The van der Waals surface area contributed by atoms with Crippen LogP contribution in [0.1, 0.15) is 5.76 Å². The number of hydrogen-bond donors (Lipinski definition) is 1. The quantitative estimate of drug-likeness (QED) is 0.374. The molecule has 0 bridgehead atoms. The Morgan fingerprint density at radius 2 is 1.82 bits per heavy atom. The number of imidazole rings is 1. The number of aromatic nitrogens is 3. The third kappa shape index (κ3) is 3.06. The SMILES string of the molecule is Cc1cc2nc(-c3csc(Nc4ccc(Cl)cc4)n3)c(-c3ccccc3)n2o1. The molecule has 0 aliphatic heterocycles. The van der Waals surface area contributed by atoms with Gasteiger partial charge in [0.05, 0.1) is 0 Å². The number of anilines is 2. The molecule has 3 heterocycles. The molecule has 2 aromatic carbocycles. The molecule has 28 heavy (non-hydrogen) atoms. The van der Waals surface area contributed by atoms with Gasteiger partial charge in [0.25, 0.3) is 0 Å². The molecule has 0 spiro atoms. The summed E-state index contributed by atoms with van der Waals surface area (Å²) >= 11 is 7.48. The van der Waals surface area contributed by atoms with Gasteiger partial charge < -0.3 is 9.84 Å². The van der Waals surface area contributed by atoms with Gasteiger partial charge in [-0.2, -0.15) is 4.57 Å². The van der Waals surface area contributed by atoms with Crippen LogP contribution in [0.15, 0.2) is 70.6 Å². The van der Waals surface area contributed by atoms with Crippen molar-refractivity contribution in [3.8, 4) is 22.6 Å². The molecule has 0 fully saturated rings. The van der Waals surface area contributed by atoms with E-state index in [1.54, 1.807) is 4.57 Å². The van der Waals surface area contributed by atoms with Crippen LogP contribution in [0.5, 0.6) is 0 Å². The first-order chi connectivity index (χ1) is 13.7. The zero-order chi connectivity index (χ0) is 19.1. The molecule has 7 heteroatoms. The molecule has 0 atom stereocenters. The number of thiazole rings is 1. The first-order valence-electron chi connectivity index (χ1n) is 8.71. The smallest absolute Gasteiger partial charge is 0.187 e. The Bertz CT molecular complexity index is 1260. The summed E-state index contributed by atoms with van der Waals surface area (Å²) in [6, 6.07) is 19.5. The highest BCUT2D eigenvalue weighted by molar-refractivity contribution is 7.14. The molecular weight excluding hydrogens is 392 g/mol. The fourth-order valence-corrected chi connectivity index (χ4v) is 3.93. The number of aryl methyl sites for hydroxylation is 1. The number of benzene rings is 2. The van der Waals surface area contributed by atoms with Crippen LogP contribution in [-0.4, -0.2) is 14.5 Å². The van der Waals surface area contributed by atoms with Crippen molar-refractivity contribution < 1.29 is 4.52 Å². The number of nitrogens with one attached hydrogen (secondary N) is 1. The highest BCUT2D eigenvalue weighted by Crippen LogP contribution is 2.35. The van der Waals surface area contributed by atoms with Crippen LogP contribution in [0.4, 0.5) is 10.8 Å². The minimum absolute atomic E-state index is 0.703. The topological polar surface area (TPSA) is 55.4 Å². The largest absolute Gasteiger partial charge is 0.378 e. The van der Waals surface area contributed by atoms with E-state index in [-0.39, 0.29) is 0 Å². The minimum atomic E-state index is 0.703. The van der Waals surface area contributed by atoms with Crippen LogP contribution >= 0.6 is 22.9 Å². The fraction of sp³-hybridized carbons (Fsp3) is 0.0476. The zero-order valence-corrected chi connectivity index (χ0v) is 16.5. The number of halogens is 1. The van der Waals surface area contributed by atoms with E-state index in [4.69, 9.17) is 26.1 Å². The van der Waals surface area contributed by atoms with Gasteiger partial charge in [0.1, 0.15) is 22.8 Å². The van der Waals surface area contributed by atoms with E-state index in [2.05, 4.69) is 5.32 Å². The van der Waals surface area contributed by atoms with Gasteiger partial charge in [0.2, 0.25) is 0 Å². The van der Waals surface area contributed by atoms with Gasteiger partial charge in [-0.15, -0.1) is 11.3 Å². The van der Waals surface area contributed by atoms with Crippen LogP contribution in [0, 0.1) is 6.92 Å². The van der Waals surface area contributed by atoms with Crippen molar-refractivity contribution in [3.63, 3.8) is 0 Å². The summed E-state index contributed by atoms with van der Waals surface area (Å²) in [5, 5.41) is 6.80. The summed E-state index contributed by atoms with van der Waals surface area (Å²) in [5.74, 6) is 0.814. The van der Waals surface area contributed by atoms with Crippen LogP contribution in [-0.2, 0) is 0 Å². The minimum Gasteiger partial charge on any atom is -0.378 e. The fourth-order valence-electron chi connectivity index (χ4n) is 3.08. The Kier molecular flexibility index (Phi) is 4.15. The monoisotopic (exact) mass is 406 g/mol. The van der Waals surface area contributed by atoms with Crippen molar-refractivity contribution in [2.24, 2.45) is 0 Å². The second-order valence-electron chi connectivity index (χ2n) is 6.34. The normalized spacial score (nSPS) is 11.2. The molecule has 3 aromatic heterocycles. The van der Waals surface area contributed by atoms with Gasteiger partial charge in [-0.05, 0) is 31.2 Å². The standard InChI is InChI=1S/C21H15ClN4OS/c1-13-11-18-25-19(20(26(18)27-13)14-5-3-2-4-6-14)17-12-28-21(24-17)23-16-9-7-15(22)8-10-16/h2-12H,1H3,(H,23,24). The molecule has 138 valence electrons. The highest BCUT2D eigenvalue weighted by atomic mass is 35.5. The van der Waals surface area contributed by atoms with Crippen molar-refractivity contribution in [1.82, 2.24) is 14.5 Å². The lowest BCUT2D eigenvalue weighted by atomic mass is 10.1. The Morgan fingerprint density at radius 1 is 1.04 bits per heavy atom. The zero-order valence-electron chi connectivity index (χ0n) is 14.9. The van der Waals surface area contributed by atoms with Gasteiger partial charge in [0.15, 0.2) is 10.8 Å². The maximum Gasteiger partial charge on any atom is 0.187 e. The number of fused-ring (bicyclic) bond motifs is 1. The number of hydrogen-bond acceptors (Lipinski definition) is 5.